The lowest BCUT2D eigenvalue weighted by Crippen LogP contribution is -2.22. The zero-order chi connectivity index (χ0) is 21.6. The molecule has 31 heavy (non-hydrogen) atoms. The summed E-state index contributed by atoms with van der Waals surface area (Å²) < 4.78 is 16.2. The van der Waals surface area contributed by atoms with Gasteiger partial charge in [-0.1, -0.05) is 60.7 Å². The molecule has 1 amide bonds. The van der Waals surface area contributed by atoms with Crippen LogP contribution < -0.4 is 5.32 Å². The average Bonchev–Trinajstić information content (AvgIpc) is 3.12. The summed E-state index contributed by atoms with van der Waals surface area (Å²) in [5.41, 5.74) is 5.28. The van der Waals surface area contributed by atoms with E-state index in [4.69, 9.17) is 0 Å². The van der Waals surface area contributed by atoms with Gasteiger partial charge in [0.1, 0.15) is 5.82 Å². The average molecular weight is 415 g/mol. The van der Waals surface area contributed by atoms with Gasteiger partial charge in [-0.25, -0.2) is 4.39 Å². The molecule has 4 heteroatoms. The van der Waals surface area contributed by atoms with Gasteiger partial charge < -0.3 is 9.88 Å². The van der Waals surface area contributed by atoms with Crippen molar-refractivity contribution in [1.29, 1.82) is 0 Å². The molecule has 0 saturated heterocycles. The molecule has 1 aromatic heterocycles. The lowest BCUT2D eigenvalue weighted by atomic mass is 10.1. The minimum absolute atomic E-state index is 0.0679. The fraction of sp³-hybridized carbons (Fsp3) is 0.222. The van der Waals surface area contributed by atoms with Crippen molar-refractivity contribution in [3.05, 3.63) is 107 Å². The van der Waals surface area contributed by atoms with Crippen LogP contribution in [-0.2, 0) is 24.3 Å². The minimum Gasteiger partial charge on any atom is -0.352 e. The Kier molecular flexibility index (Phi) is 6.46. The summed E-state index contributed by atoms with van der Waals surface area (Å²) in [5, 5.41) is 4.19. The molecule has 158 valence electrons. The van der Waals surface area contributed by atoms with Gasteiger partial charge in [0.25, 0.3) is 0 Å². The van der Waals surface area contributed by atoms with Gasteiger partial charge in [0, 0.05) is 35.6 Å². The number of aryl methyl sites for hydroxylation is 2. The summed E-state index contributed by atoms with van der Waals surface area (Å²) in [6, 6.07) is 23.2. The number of para-hydroxylation sites is 1. The van der Waals surface area contributed by atoms with E-state index < -0.39 is 0 Å². The summed E-state index contributed by atoms with van der Waals surface area (Å²) in [4.78, 5) is 12.3. The maximum Gasteiger partial charge on any atom is 0.220 e. The first-order chi connectivity index (χ1) is 15.1. The molecule has 3 aromatic carbocycles. The van der Waals surface area contributed by atoms with Crippen LogP contribution in [0.25, 0.3) is 10.9 Å². The van der Waals surface area contributed by atoms with Crippen molar-refractivity contribution < 1.29 is 9.18 Å². The molecular formula is C27H27FN2O. The van der Waals surface area contributed by atoms with E-state index in [0.29, 0.717) is 25.1 Å². The molecular weight excluding hydrogens is 387 g/mol. The number of hydrogen-bond donors (Lipinski definition) is 1. The molecule has 0 saturated carbocycles. The topological polar surface area (TPSA) is 34.0 Å². The summed E-state index contributed by atoms with van der Waals surface area (Å²) >= 11 is 0. The number of nitrogens with one attached hydrogen (secondary N) is 1. The Morgan fingerprint density at radius 3 is 2.42 bits per heavy atom. The Morgan fingerprint density at radius 1 is 0.903 bits per heavy atom. The Morgan fingerprint density at radius 2 is 1.61 bits per heavy atom. The number of hydrogen-bond acceptors (Lipinski definition) is 1. The number of carbonyl (C=O) groups is 1. The third-order valence-electron chi connectivity index (χ3n) is 5.76. The van der Waals surface area contributed by atoms with Gasteiger partial charge in [-0.2, -0.15) is 0 Å². The van der Waals surface area contributed by atoms with Gasteiger partial charge in [-0.3, -0.25) is 4.79 Å². The van der Waals surface area contributed by atoms with Gasteiger partial charge in [0.15, 0.2) is 0 Å². The molecule has 0 aliphatic rings. The highest BCUT2D eigenvalue weighted by Crippen LogP contribution is 2.24. The van der Waals surface area contributed by atoms with E-state index in [1.54, 1.807) is 6.07 Å². The zero-order valence-corrected chi connectivity index (χ0v) is 17.8. The molecule has 0 aliphatic carbocycles. The van der Waals surface area contributed by atoms with E-state index >= 15 is 0 Å². The summed E-state index contributed by atoms with van der Waals surface area (Å²) in [7, 11) is 0. The molecule has 4 aromatic rings. The number of nitrogens with zero attached hydrogens (tertiary/aromatic N) is 1. The predicted molar refractivity (Wildman–Crippen MR) is 123 cm³/mol. The van der Waals surface area contributed by atoms with Crippen molar-refractivity contribution in [2.45, 2.75) is 39.3 Å². The predicted octanol–water partition coefficient (Wildman–Crippen LogP) is 5.78. The van der Waals surface area contributed by atoms with Crippen LogP contribution in [0.5, 0.6) is 0 Å². The molecule has 4 rings (SSSR count). The molecule has 1 heterocycles. The van der Waals surface area contributed by atoms with Crippen LogP contribution in [0.3, 0.4) is 0 Å². The summed E-state index contributed by atoms with van der Waals surface area (Å²) in [5.74, 6) is -0.120. The van der Waals surface area contributed by atoms with Crippen molar-refractivity contribution in [1.82, 2.24) is 9.88 Å². The number of amides is 1. The summed E-state index contributed by atoms with van der Waals surface area (Å²) in [6.45, 7) is 3.11. The van der Waals surface area contributed by atoms with E-state index in [2.05, 4.69) is 41.2 Å². The minimum atomic E-state index is -0.188. The number of carbonyl (C=O) groups excluding carboxylic acids is 1. The second-order valence-corrected chi connectivity index (χ2v) is 7.95. The first-order valence-corrected chi connectivity index (χ1v) is 10.7. The van der Waals surface area contributed by atoms with E-state index in [0.717, 1.165) is 23.9 Å². The number of rotatable bonds is 8. The second-order valence-electron chi connectivity index (χ2n) is 7.95. The van der Waals surface area contributed by atoms with Crippen molar-refractivity contribution in [3.63, 3.8) is 0 Å². The molecule has 0 aliphatic heterocycles. The fourth-order valence-corrected chi connectivity index (χ4v) is 3.99. The molecule has 0 bridgehead atoms. The van der Waals surface area contributed by atoms with E-state index in [-0.39, 0.29) is 11.7 Å². The molecule has 1 N–H and O–H groups in total. The third kappa shape index (κ3) is 5.02. The Bertz CT molecular complexity index is 1190. The van der Waals surface area contributed by atoms with Crippen LogP contribution in [0, 0.1) is 12.7 Å². The number of benzene rings is 3. The highest BCUT2D eigenvalue weighted by atomic mass is 19.1. The first kappa shape index (κ1) is 20.9. The van der Waals surface area contributed by atoms with Gasteiger partial charge in [-0.05, 0) is 48.6 Å². The van der Waals surface area contributed by atoms with Gasteiger partial charge in [0.05, 0.1) is 6.54 Å². The fourth-order valence-electron chi connectivity index (χ4n) is 3.99. The van der Waals surface area contributed by atoms with Crippen LogP contribution in [-0.4, -0.2) is 10.5 Å². The zero-order valence-electron chi connectivity index (χ0n) is 17.8. The van der Waals surface area contributed by atoms with Crippen molar-refractivity contribution >= 4 is 16.8 Å². The van der Waals surface area contributed by atoms with E-state index in [1.807, 2.05) is 42.5 Å². The van der Waals surface area contributed by atoms with E-state index in [9.17, 15) is 9.18 Å². The number of aromatic nitrogens is 1. The highest BCUT2D eigenvalue weighted by molar-refractivity contribution is 5.84. The van der Waals surface area contributed by atoms with Gasteiger partial charge in [0.2, 0.25) is 5.91 Å². The lowest BCUT2D eigenvalue weighted by Gasteiger charge is -2.07. The van der Waals surface area contributed by atoms with Crippen LogP contribution in [0.4, 0.5) is 4.39 Å². The largest absolute Gasteiger partial charge is 0.352 e. The molecule has 0 radical (unpaired) electrons. The van der Waals surface area contributed by atoms with Crippen LogP contribution >= 0.6 is 0 Å². The van der Waals surface area contributed by atoms with Crippen LogP contribution in [0.15, 0.2) is 79.0 Å². The molecule has 0 spiro atoms. The van der Waals surface area contributed by atoms with E-state index in [1.165, 1.54) is 22.6 Å². The first-order valence-electron chi connectivity index (χ1n) is 10.7. The molecule has 0 atom stereocenters. The normalized spacial score (nSPS) is 11.0. The van der Waals surface area contributed by atoms with Gasteiger partial charge >= 0.3 is 0 Å². The Labute approximate surface area is 182 Å². The quantitative estimate of drug-likeness (QED) is 0.390. The third-order valence-corrected chi connectivity index (χ3v) is 5.76. The summed E-state index contributed by atoms with van der Waals surface area (Å²) in [6.07, 6.45) is 4.16. The molecule has 0 unspecified atom stereocenters. The maximum atomic E-state index is 14.1. The van der Waals surface area contributed by atoms with Crippen molar-refractivity contribution in [3.8, 4) is 0 Å². The van der Waals surface area contributed by atoms with Crippen molar-refractivity contribution in [2.24, 2.45) is 0 Å². The number of halogens is 1. The van der Waals surface area contributed by atoms with Crippen molar-refractivity contribution in [2.75, 3.05) is 0 Å². The maximum absolute atomic E-state index is 14.1. The lowest BCUT2D eigenvalue weighted by molar-refractivity contribution is -0.121. The molecule has 0 fully saturated rings. The monoisotopic (exact) mass is 414 g/mol. The Hall–Kier alpha value is -3.40. The smallest absolute Gasteiger partial charge is 0.220 e. The second kappa shape index (κ2) is 9.61. The number of fused-ring (bicyclic) bond motifs is 1. The Balaban J connectivity index is 1.39. The highest BCUT2D eigenvalue weighted by Gasteiger charge is 2.11. The van der Waals surface area contributed by atoms with Gasteiger partial charge in [-0.15, -0.1) is 0 Å². The standard InChI is InChI=1S/C27H27FN2O/c1-20-9-2-3-10-21(20)17-29-27(31)16-8-12-22-18-30(26-15-7-5-13-24(22)26)19-23-11-4-6-14-25(23)28/h2-7,9-11,13-15,18H,8,12,16-17,19H2,1H3,(H,29,31). The SMILES string of the molecule is Cc1ccccc1CNC(=O)CCCc1cn(Cc2ccccc2F)c2ccccc12. The molecule has 3 nitrogen and oxygen atoms in total. The van der Waals surface area contributed by atoms with Crippen LogP contribution in [0.2, 0.25) is 0 Å². The van der Waals surface area contributed by atoms with Crippen LogP contribution in [0.1, 0.15) is 35.1 Å².